The van der Waals surface area contributed by atoms with Crippen molar-refractivity contribution in [2.24, 2.45) is 0 Å². The predicted molar refractivity (Wildman–Crippen MR) is 131 cm³/mol. The Morgan fingerprint density at radius 1 is 1.06 bits per heavy atom. The monoisotopic (exact) mass is 469 g/mol. The van der Waals surface area contributed by atoms with E-state index in [-0.39, 0.29) is 24.2 Å². The summed E-state index contributed by atoms with van der Waals surface area (Å²) in [5, 5.41) is 4.37. The maximum absolute atomic E-state index is 13.3. The molecule has 0 radical (unpaired) electrons. The summed E-state index contributed by atoms with van der Waals surface area (Å²) in [6.07, 6.45) is 5.15. The summed E-state index contributed by atoms with van der Waals surface area (Å²) >= 11 is 5.97. The smallest absolute Gasteiger partial charge is 0.322 e. The number of H-pyrrole nitrogens is 1. The van der Waals surface area contributed by atoms with Crippen molar-refractivity contribution in [2.45, 2.75) is 44.7 Å². The lowest BCUT2D eigenvalue weighted by atomic mass is 9.94. The van der Waals surface area contributed by atoms with Crippen molar-refractivity contribution >= 4 is 34.2 Å². The van der Waals surface area contributed by atoms with Crippen molar-refractivity contribution in [3.05, 3.63) is 63.4 Å². The molecule has 1 heterocycles. The third kappa shape index (κ3) is 5.25. The third-order valence-corrected chi connectivity index (χ3v) is 6.39. The van der Waals surface area contributed by atoms with E-state index in [1.165, 1.54) is 6.42 Å². The van der Waals surface area contributed by atoms with Crippen molar-refractivity contribution < 1.29 is 14.3 Å². The van der Waals surface area contributed by atoms with E-state index in [1.54, 1.807) is 49.5 Å². The van der Waals surface area contributed by atoms with Crippen molar-refractivity contribution in [2.75, 3.05) is 19.5 Å². The van der Waals surface area contributed by atoms with Gasteiger partial charge in [-0.1, -0.05) is 30.9 Å². The van der Waals surface area contributed by atoms with Gasteiger partial charge in [-0.25, -0.2) is 4.79 Å². The molecule has 1 aliphatic rings. The average Bonchev–Trinajstić information content (AvgIpc) is 2.83. The summed E-state index contributed by atoms with van der Waals surface area (Å²) in [4.78, 5) is 30.9. The van der Waals surface area contributed by atoms with Gasteiger partial charge in [0.15, 0.2) is 11.5 Å². The van der Waals surface area contributed by atoms with Crippen LogP contribution in [-0.2, 0) is 6.54 Å². The molecule has 33 heavy (non-hydrogen) atoms. The van der Waals surface area contributed by atoms with Crippen molar-refractivity contribution in [3.63, 3.8) is 0 Å². The Hall–Kier alpha value is -3.19. The average molecular weight is 470 g/mol. The van der Waals surface area contributed by atoms with Crippen LogP contribution in [-0.4, -0.2) is 36.2 Å². The Balaban J connectivity index is 1.65. The number of methoxy groups -OCH3 is 2. The van der Waals surface area contributed by atoms with Gasteiger partial charge in [-0.15, -0.1) is 0 Å². The molecular formula is C25H28ClN3O4. The second-order valence-corrected chi connectivity index (χ2v) is 8.71. The van der Waals surface area contributed by atoms with E-state index in [9.17, 15) is 9.59 Å². The summed E-state index contributed by atoms with van der Waals surface area (Å²) in [6, 6.07) is 12.2. The quantitative estimate of drug-likeness (QED) is 0.494. The number of benzene rings is 2. The topological polar surface area (TPSA) is 83.7 Å². The Kier molecular flexibility index (Phi) is 7.08. The molecular weight excluding hydrogens is 442 g/mol. The fraction of sp³-hybridized carbons (Fsp3) is 0.360. The summed E-state index contributed by atoms with van der Waals surface area (Å²) in [5.41, 5.74) is 1.60. The molecule has 0 aliphatic heterocycles. The number of rotatable bonds is 6. The van der Waals surface area contributed by atoms with E-state index >= 15 is 0 Å². The number of nitrogens with one attached hydrogen (secondary N) is 2. The van der Waals surface area contributed by atoms with E-state index in [1.807, 2.05) is 12.1 Å². The van der Waals surface area contributed by atoms with Crippen LogP contribution in [0.1, 0.15) is 37.7 Å². The molecule has 2 amide bonds. The van der Waals surface area contributed by atoms with Crippen molar-refractivity contribution in [3.8, 4) is 11.5 Å². The van der Waals surface area contributed by atoms with E-state index in [0.717, 1.165) is 31.1 Å². The molecule has 4 rings (SSSR count). The molecule has 2 N–H and O–H groups in total. The molecule has 1 saturated carbocycles. The van der Waals surface area contributed by atoms with Crippen LogP contribution in [0.5, 0.6) is 11.5 Å². The van der Waals surface area contributed by atoms with E-state index in [4.69, 9.17) is 21.1 Å². The van der Waals surface area contributed by atoms with Crippen LogP contribution >= 0.6 is 11.6 Å². The van der Waals surface area contributed by atoms with Gasteiger partial charge in [-0.2, -0.15) is 0 Å². The van der Waals surface area contributed by atoms with Gasteiger partial charge >= 0.3 is 6.03 Å². The van der Waals surface area contributed by atoms with Gasteiger partial charge in [0.05, 0.1) is 26.3 Å². The van der Waals surface area contributed by atoms with Crippen LogP contribution in [0.25, 0.3) is 10.9 Å². The number of nitrogens with zero attached hydrogens (tertiary/aromatic N) is 1. The number of amides is 2. The Bertz CT molecular complexity index is 1190. The second kappa shape index (κ2) is 10.2. The molecule has 174 valence electrons. The van der Waals surface area contributed by atoms with Crippen LogP contribution in [0.15, 0.2) is 47.3 Å². The number of halogens is 1. The molecule has 1 fully saturated rings. The number of aromatic amines is 1. The first-order valence-electron chi connectivity index (χ1n) is 11.1. The molecule has 1 aromatic heterocycles. The summed E-state index contributed by atoms with van der Waals surface area (Å²) in [6.45, 7) is 0.212. The van der Waals surface area contributed by atoms with Gasteiger partial charge in [0.25, 0.3) is 5.56 Å². The lowest BCUT2D eigenvalue weighted by Crippen LogP contribution is -2.44. The predicted octanol–water partition coefficient (Wildman–Crippen LogP) is 5.57. The summed E-state index contributed by atoms with van der Waals surface area (Å²) < 4.78 is 10.7. The van der Waals surface area contributed by atoms with Gasteiger partial charge < -0.3 is 24.7 Å². The van der Waals surface area contributed by atoms with Gasteiger partial charge in [0.1, 0.15) is 0 Å². The Morgan fingerprint density at radius 2 is 1.73 bits per heavy atom. The van der Waals surface area contributed by atoms with E-state index in [2.05, 4.69) is 10.3 Å². The number of hydrogen-bond acceptors (Lipinski definition) is 4. The van der Waals surface area contributed by atoms with Crippen molar-refractivity contribution in [1.29, 1.82) is 0 Å². The van der Waals surface area contributed by atoms with Gasteiger partial charge in [-0.05, 0) is 49.2 Å². The lowest BCUT2D eigenvalue weighted by Gasteiger charge is -2.34. The first-order valence-corrected chi connectivity index (χ1v) is 11.5. The molecule has 0 spiro atoms. The summed E-state index contributed by atoms with van der Waals surface area (Å²) in [5.74, 6) is 1.12. The number of carbonyl (C=O) groups is 1. The highest BCUT2D eigenvalue weighted by atomic mass is 35.5. The van der Waals surface area contributed by atoms with Crippen molar-refractivity contribution in [1.82, 2.24) is 9.88 Å². The zero-order chi connectivity index (χ0) is 23.4. The molecule has 0 saturated heterocycles. The Morgan fingerprint density at radius 3 is 2.39 bits per heavy atom. The van der Waals surface area contributed by atoms with E-state index in [0.29, 0.717) is 33.3 Å². The second-order valence-electron chi connectivity index (χ2n) is 8.27. The SMILES string of the molecule is COc1cc2cc(CN(C(=O)Nc3ccc(Cl)cc3)C3CCCCC3)c(=O)[nH]c2cc1OC. The zero-order valence-corrected chi connectivity index (χ0v) is 19.6. The maximum atomic E-state index is 13.3. The fourth-order valence-corrected chi connectivity index (χ4v) is 4.49. The Labute approximate surface area is 197 Å². The fourth-order valence-electron chi connectivity index (χ4n) is 4.37. The maximum Gasteiger partial charge on any atom is 0.322 e. The molecule has 2 aromatic carbocycles. The number of fused-ring (bicyclic) bond motifs is 1. The number of anilines is 1. The third-order valence-electron chi connectivity index (χ3n) is 6.14. The van der Waals surface area contributed by atoms with Crippen LogP contribution in [0.2, 0.25) is 5.02 Å². The normalized spacial score (nSPS) is 14.2. The highest BCUT2D eigenvalue weighted by molar-refractivity contribution is 6.30. The number of hydrogen-bond donors (Lipinski definition) is 2. The number of carbonyl (C=O) groups excluding carboxylic acids is 1. The number of ether oxygens (including phenoxy) is 2. The standard InChI is InChI=1S/C25H28ClN3O4/c1-32-22-13-16-12-17(24(30)28-21(16)14-23(22)33-2)15-29(20-6-4-3-5-7-20)25(31)27-19-10-8-18(26)9-11-19/h8-14,20H,3-7,15H2,1-2H3,(H,27,31)(H,28,30). The van der Waals surface area contributed by atoms with Crippen LogP contribution in [0, 0.1) is 0 Å². The first-order chi connectivity index (χ1) is 16.0. The first kappa shape index (κ1) is 23.0. The van der Waals surface area contributed by atoms with Crippen LogP contribution < -0.4 is 20.3 Å². The number of pyridine rings is 1. The molecule has 0 atom stereocenters. The largest absolute Gasteiger partial charge is 0.493 e. The number of urea groups is 1. The molecule has 8 heteroatoms. The molecule has 3 aromatic rings. The lowest BCUT2D eigenvalue weighted by molar-refractivity contribution is 0.162. The van der Waals surface area contributed by atoms with Gasteiger partial charge in [0.2, 0.25) is 0 Å². The highest BCUT2D eigenvalue weighted by Crippen LogP contribution is 2.31. The minimum Gasteiger partial charge on any atom is -0.493 e. The molecule has 0 bridgehead atoms. The van der Waals surface area contributed by atoms with Crippen LogP contribution in [0.4, 0.5) is 10.5 Å². The molecule has 1 aliphatic carbocycles. The van der Waals surface area contributed by atoms with Crippen LogP contribution in [0.3, 0.4) is 0 Å². The van der Waals surface area contributed by atoms with Gasteiger partial charge in [0, 0.05) is 33.8 Å². The molecule has 7 nitrogen and oxygen atoms in total. The minimum absolute atomic E-state index is 0.0755. The minimum atomic E-state index is -0.227. The summed E-state index contributed by atoms with van der Waals surface area (Å²) in [7, 11) is 3.12. The highest BCUT2D eigenvalue weighted by Gasteiger charge is 2.27. The van der Waals surface area contributed by atoms with E-state index < -0.39 is 0 Å². The zero-order valence-electron chi connectivity index (χ0n) is 18.8. The van der Waals surface area contributed by atoms with Gasteiger partial charge in [-0.3, -0.25) is 4.79 Å². The molecule has 0 unspecified atom stereocenters. The number of aromatic nitrogens is 1.